The van der Waals surface area contributed by atoms with Crippen LogP contribution in [0, 0.1) is 0 Å². The summed E-state index contributed by atoms with van der Waals surface area (Å²) in [5.41, 5.74) is 18.3. The van der Waals surface area contributed by atoms with Crippen LogP contribution in [-0.4, -0.2) is 146 Å². The first-order chi connectivity index (χ1) is 42.8. The standard InChI is InChI=1S/C55H78N11O20P3S2/c1-6-64-42-26-24-38(90(75,76)77)33-40(42)54(2,3)45(64)21-13-11-14-22-46-55(4,5)41-34-39(91(78,79)80)25-27-43(41)65(46)30-18-12-15-23-47(67)58-28-16-7-9-19-31-81-50-49(68)44(84-53(50)66-37-61-48-51(56)59-36-60-52(48)66)35-83-88(71,72)86-89(73,74)85-87(69,70)82-32-20-10-8-17-29-62-63-57/h11,13-14,21-22,24-27,33-34,36-37,44,49-50,53,68H,6-10,12,15-20,23,28-32,35H2,1-5H3,(H7-,56,58,59,60,67,69,70,71,72,73,74,75,76,77,78,79,80)/t44-,49-,50-,53-/m1/s1. The van der Waals surface area contributed by atoms with Crippen LogP contribution in [0.25, 0.3) is 21.6 Å². The van der Waals surface area contributed by atoms with Crippen molar-refractivity contribution in [2.45, 2.75) is 157 Å². The van der Waals surface area contributed by atoms with E-state index in [0.717, 1.165) is 28.3 Å². The minimum atomic E-state index is -5.80. The van der Waals surface area contributed by atoms with E-state index >= 15 is 0 Å². The molecule has 0 bridgehead atoms. The molecule has 0 saturated carbocycles. The van der Waals surface area contributed by atoms with Crippen LogP contribution in [0.1, 0.15) is 129 Å². The van der Waals surface area contributed by atoms with Crippen molar-refractivity contribution < 1.29 is 95.9 Å². The second kappa shape index (κ2) is 31.1. The number of nitrogens with two attached hydrogens (primary N) is 1. The Morgan fingerprint density at radius 3 is 2.23 bits per heavy atom. The number of nitrogens with zero attached hydrogens (tertiary/aromatic N) is 9. The summed E-state index contributed by atoms with van der Waals surface area (Å²) in [6.45, 7) is 10.4. The zero-order chi connectivity index (χ0) is 66.6. The van der Waals surface area contributed by atoms with Gasteiger partial charge in [0.1, 0.15) is 46.8 Å². The van der Waals surface area contributed by atoms with Crippen molar-refractivity contribution in [1.82, 2.24) is 24.8 Å². The molecular weight excluding hydrogens is 1290 g/mol. The van der Waals surface area contributed by atoms with Crippen molar-refractivity contribution in [3.63, 3.8) is 0 Å². The van der Waals surface area contributed by atoms with Crippen LogP contribution in [0.3, 0.4) is 0 Å². The number of aromatic nitrogens is 4. The zero-order valence-electron chi connectivity index (χ0n) is 50.9. The molecule has 1 fully saturated rings. The molecule has 4 aromatic rings. The largest absolute Gasteiger partial charge is 0.744 e. The number of ether oxygens (including phenoxy) is 2. The average Bonchev–Trinajstić information content (AvgIpc) is 1.61. The molecule has 36 heteroatoms. The second-order valence-electron chi connectivity index (χ2n) is 22.7. The van der Waals surface area contributed by atoms with Crippen LogP contribution in [0.5, 0.6) is 0 Å². The van der Waals surface area contributed by atoms with E-state index in [0.29, 0.717) is 89.4 Å². The Kier molecular flexibility index (Phi) is 24.9. The third kappa shape index (κ3) is 19.0. The second-order valence-corrected chi connectivity index (χ2v) is 30.2. The van der Waals surface area contributed by atoms with E-state index in [9.17, 15) is 64.2 Å². The van der Waals surface area contributed by atoms with Gasteiger partial charge >= 0.3 is 23.5 Å². The number of aliphatic hydroxyl groups is 1. The lowest BCUT2D eigenvalue weighted by atomic mass is 9.81. The van der Waals surface area contributed by atoms with E-state index in [1.807, 2.05) is 65.0 Å². The summed E-state index contributed by atoms with van der Waals surface area (Å²) in [7, 11) is -25.8. The maximum atomic E-state index is 12.9. The van der Waals surface area contributed by atoms with Gasteiger partial charge in [-0.05, 0) is 107 Å². The van der Waals surface area contributed by atoms with Crippen LogP contribution >= 0.6 is 23.5 Å². The Bertz CT molecular complexity index is 3840. The quantitative estimate of drug-likeness (QED) is 0.00327. The Hall–Kier alpha value is -5.63. The number of hydrogen-bond donors (Lipinski definition) is 7. The molecule has 0 aliphatic carbocycles. The van der Waals surface area contributed by atoms with E-state index in [1.54, 1.807) is 12.1 Å². The van der Waals surface area contributed by atoms with Crippen molar-refractivity contribution >= 4 is 83.7 Å². The number of benzene rings is 2. The van der Waals surface area contributed by atoms with E-state index in [2.05, 4.69) is 52.9 Å². The number of phosphoric ester groups is 2. The normalized spacial score (nSPS) is 21.3. The first-order valence-electron chi connectivity index (χ1n) is 29.4. The fourth-order valence-electron chi connectivity index (χ4n) is 11.1. The van der Waals surface area contributed by atoms with Gasteiger partial charge in [0.15, 0.2) is 23.4 Å². The number of azide groups is 1. The van der Waals surface area contributed by atoms with Gasteiger partial charge in [0.25, 0.3) is 10.1 Å². The molecule has 5 heterocycles. The van der Waals surface area contributed by atoms with E-state index in [1.165, 1.54) is 41.5 Å². The number of likely N-dealkylation sites (N-methyl/N-ethyl adjacent to an activating group) is 1. The van der Waals surface area contributed by atoms with E-state index in [-0.39, 0.29) is 58.7 Å². The lowest BCUT2D eigenvalue weighted by Gasteiger charge is -2.25. The maximum Gasteiger partial charge on any atom is 0.490 e. The first kappa shape index (κ1) is 72.8. The molecule has 0 radical (unpaired) electrons. The van der Waals surface area contributed by atoms with E-state index in [4.69, 9.17) is 25.3 Å². The van der Waals surface area contributed by atoms with Gasteiger partial charge < -0.3 is 49.8 Å². The third-order valence-corrected chi connectivity index (χ3v) is 21.6. The summed E-state index contributed by atoms with van der Waals surface area (Å²) >= 11 is 0. The molecule has 3 aliphatic heterocycles. The van der Waals surface area contributed by atoms with Gasteiger partial charge in [-0.25, -0.2) is 37.1 Å². The van der Waals surface area contributed by atoms with E-state index < -0.39 is 92.3 Å². The topological polar surface area (TPSA) is 453 Å². The number of rotatable bonds is 36. The highest BCUT2D eigenvalue weighted by molar-refractivity contribution is 7.86. The van der Waals surface area contributed by atoms with Gasteiger partial charge in [0.2, 0.25) is 11.6 Å². The highest BCUT2D eigenvalue weighted by Crippen LogP contribution is 2.68. The van der Waals surface area contributed by atoms with Crippen molar-refractivity contribution in [3.8, 4) is 0 Å². The summed E-state index contributed by atoms with van der Waals surface area (Å²) in [5.74, 6) is -0.0689. The summed E-state index contributed by atoms with van der Waals surface area (Å²) in [6, 6.07) is 8.97. The predicted octanol–water partition coefficient (Wildman–Crippen LogP) is 8.57. The molecule has 91 heavy (non-hydrogen) atoms. The Morgan fingerprint density at radius 1 is 0.857 bits per heavy atom. The number of unbranched alkanes of at least 4 members (excludes halogenated alkanes) is 8. The Balaban J connectivity index is 0.864. The lowest BCUT2D eigenvalue weighted by molar-refractivity contribution is -0.438. The molecule has 3 unspecified atom stereocenters. The summed E-state index contributed by atoms with van der Waals surface area (Å²) in [4.78, 5) is 59.9. The Labute approximate surface area is 527 Å². The number of carbonyl (C=O) groups excluding carboxylic acids is 1. The molecule has 2 aromatic carbocycles. The van der Waals surface area contributed by atoms with Crippen LogP contribution in [0.4, 0.5) is 17.2 Å². The van der Waals surface area contributed by atoms with Crippen LogP contribution in [-0.2, 0) is 76.7 Å². The van der Waals surface area contributed by atoms with Gasteiger partial charge in [-0.1, -0.05) is 62.9 Å². The Morgan fingerprint density at radius 2 is 1.53 bits per heavy atom. The van der Waals surface area contributed by atoms with Crippen molar-refractivity contribution in [1.29, 1.82) is 0 Å². The number of imidazole rings is 1. The molecule has 1 amide bonds. The predicted molar refractivity (Wildman–Crippen MR) is 331 cm³/mol. The molecule has 0 spiro atoms. The molecule has 500 valence electrons. The number of amides is 1. The molecule has 31 nitrogen and oxygen atoms in total. The number of aliphatic hydroxyl groups excluding tert-OH is 1. The molecule has 3 aliphatic rings. The van der Waals surface area contributed by atoms with Crippen LogP contribution < -0.4 is 16.0 Å². The molecule has 1 saturated heterocycles. The highest BCUT2D eigenvalue weighted by Gasteiger charge is 2.49. The minimum Gasteiger partial charge on any atom is -0.744 e. The van der Waals surface area contributed by atoms with Gasteiger partial charge in [0, 0.05) is 78.5 Å². The maximum absolute atomic E-state index is 12.9. The molecule has 8 N–H and O–H groups in total. The number of hydrogen-bond acceptors (Lipinski definition) is 22. The number of nitrogens with one attached hydrogen (secondary N) is 1. The number of anilines is 2. The number of fused-ring (bicyclic) bond motifs is 3. The number of carbonyl (C=O) groups is 1. The SMILES string of the molecule is CCN1/C(=C/C=C/C=C/C2=[N+](CCCCCC(=O)NCCCCCCO[C@@H]3[C@H](O)[C@@H](COP(=O)(O)OP(=O)(O)OP(=O)(O)OCCCCCCN=[N+]=[N-])O[C@H]3n3cnc4c(N)ncnc43)c3ccc(S(=O)(=O)O)cc3C2(C)C)C(C)(C)c2cc(S(=O)(=O)[O-])ccc21. The number of allylic oxidation sites excluding steroid dienone is 6. The van der Waals surface area contributed by atoms with Crippen molar-refractivity contribution in [2.24, 2.45) is 5.11 Å². The third-order valence-electron chi connectivity index (χ3n) is 15.6. The van der Waals surface area contributed by atoms with Crippen molar-refractivity contribution in [3.05, 3.63) is 107 Å². The minimum absolute atomic E-state index is 0.0423. The van der Waals surface area contributed by atoms with Gasteiger partial charge in [-0.3, -0.25) is 23.0 Å². The smallest absolute Gasteiger partial charge is 0.490 e. The number of nitrogen functional groups attached to an aromatic ring is 1. The zero-order valence-corrected chi connectivity index (χ0v) is 55.2. The van der Waals surface area contributed by atoms with Crippen LogP contribution in [0.15, 0.2) is 100 Å². The lowest BCUT2D eigenvalue weighted by Crippen LogP contribution is -2.36. The number of phosphoric acid groups is 3. The van der Waals surface area contributed by atoms with Crippen molar-refractivity contribution in [2.75, 3.05) is 56.6 Å². The fraction of sp³-hybridized carbons (Fsp3) is 0.545. The molecule has 2 aromatic heterocycles. The highest BCUT2D eigenvalue weighted by atomic mass is 32.2. The first-order valence-corrected chi connectivity index (χ1v) is 36.7. The van der Waals surface area contributed by atoms with Gasteiger partial charge in [0.05, 0.1) is 34.7 Å². The summed E-state index contributed by atoms with van der Waals surface area (Å²) in [5, 5.41) is 17.8. The summed E-state index contributed by atoms with van der Waals surface area (Å²) in [6.07, 6.45) is 13.3. The van der Waals surface area contributed by atoms with Gasteiger partial charge in [-0.15, -0.1) is 0 Å². The molecule has 7 rings (SSSR count). The average molecular weight is 1370 g/mol. The van der Waals surface area contributed by atoms with Gasteiger partial charge in [-0.2, -0.15) is 21.6 Å². The summed E-state index contributed by atoms with van der Waals surface area (Å²) < 4.78 is 141. The molecular formula is C55H78N11O20P3S2. The van der Waals surface area contributed by atoms with Crippen LogP contribution in [0.2, 0.25) is 0 Å². The molecule has 7 atom stereocenters. The monoisotopic (exact) mass is 1370 g/mol. The fourth-order valence-corrected chi connectivity index (χ4v) is 15.6.